The zero-order valence-corrected chi connectivity index (χ0v) is 12.5. The summed E-state index contributed by atoms with van der Waals surface area (Å²) in [5, 5.41) is 6.01. The Balaban J connectivity index is 0.00000200. The van der Waals surface area contributed by atoms with Crippen LogP contribution in [0.4, 0.5) is 5.69 Å². The van der Waals surface area contributed by atoms with E-state index in [9.17, 15) is 9.59 Å². The van der Waals surface area contributed by atoms with Crippen LogP contribution in [0.3, 0.4) is 0 Å². The van der Waals surface area contributed by atoms with Gasteiger partial charge in [-0.15, -0.1) is 12.4 Å². The molecule has 1 aromatic heterocycles. The molecule has 2 rings (SSSR count). The summed E-state index contributed by atoms with van der Waals surface area (Å²) in [6, 6.07) is 3.40. The zero-order chi connectivity index (χ0) is 13.7. The molecule has 0 bridgehead atoms. The van der Waals surface area contributed by atoms with Gasteiger partial charge in [0.25, 0.3) is 5.56 Å². The van der Waals surface area contributed by atoms with Gasteiger partial charge in [0, 0.05) is 19.7 Å². The van der Waals surface area contributed by atoms with Gasteiger partial charge < -0.3 is 15.2 Å². The second-order valence-corrected chi connectivity index (χ2v) is 5.12. The average Bonchev–Trinajstić information content (AvgIpc) is 2.43. The van der Waals surface area contributed by atoms with Crippen molar-refractivity contribution in [2.75, 3.05) is 18.4 Å². The average molecular weight is 300 g/mol. The Bertz CT molecular complexity index is 495. The minimum absolute atomic E-state index is 0. The second-order valence-electron chi connectivity index (χ2n) is 5.12. The molecule has 20 heavy (non-hydrogen) atoms. The molecule has 2 N–H and O–H groups in total. The zero-order valence-electron chi connectivity index (χ0n) is 11.7. The number of nitrogens with one attached hydrogen (secondary N) is 2. The van der Waals surface area contributed by atoms with E-state index in [0.29, 0.717) is 18.0 Å². The third-order valence-electron chi connectivity index (χ3n) is 3.64. The molecule has 1 aliphatic rings. The van der Waals surface area contributed by atoms with E-state index in [0.717, 1.165) is 32.4 Å². The van der Waals surface area contributed by atoms with E-state index in [1.54, 1.807) is 25.4 Å². The molecule has 0 atom stereocenters. The van der Waals surface area contributed by atoms with Gasteiger partial charge in [0.05, 0.1) is 0 Å². The Hall–Kier alpha value is -1.33. The van der Waals surface area contributed by atoms with Gasteiger partial charge in [-0.25, -0.2) is 0 Å². The number of hydrogen-bond donors (Lipinski definition) is 2. The molecule has 6 heteroatoms. The standard InChI is InChI=1S/C14H21N3O2.ClH/c1-17-10-2-3-12(14(17)19)16-13(18)5-4-11-6-8-15-9-7-11;/h2-3,10-11,15H,4-9H2,1H3,(H,16,18);1H. The number of aromatic nitrogens is 1. The van der Waals surface area contributed by atoms with Gasteiger partial charge in [-0.1, -0.05) is 0 Å². The molecule has 0 spiro atoms. The molecule has 1 saturated heterocycles. The predicted molar refractivity (Wildman–Crippen MR) is 82.4 cm³/mol. The number of carbonyl (C=O) groups is 1. The lowest BCUT2D eigenvalue weighted by molar-refractivity contribution is -0.116. The highest BCUT2D eigenvalue weighted by molar-refractivity contribution is 5.90. The first kappa shape index (κ1) is 16.7. The molecule has 112 valence electrons. The molecule has 1 aromatic rings. The number of anilines is 1. The van der Waals surface area contributed by atoms with E-state index in [1.165, 1.54) is 4.57 Å². The van der Waals surface area contributed by atoms with Crippen LogP contribution in [-0.4, -0.2) is 23.6 Å². The molecule has 0 aromatic carbocycles. The largest absolute Gasteiger partial charge is 0.321 e. The number of nitrogens with zero attached hydrogens (tertiary/aromatic N) is 1. The molecule has 5 nitrogen and oxygen atoms in total. The van der Waals surface area contributed by atoms with Crippen molar-refractivity contribution in [3.8, 4) is 0 Å². The minimum Gasteiger partial charge on any atom is -0.321 e. The first-order chi connectivity index (χ1) is 9.16. The highest BCUT2D eigenvalue weighted by Crippen LogP contribution is 2.17. The molecule has 0 radical (unpaired) electrons. The van der Waals surface area contributed by atoms with Gasteiger partial charge in [0.1, 0.15) is 5.69 Å². The normalized spacial score (nSPS) is 15.4. The van der Waals surface area contributed by atoms with E-state index in [-0.39, 0.29) is 23.9 Å². The number of piperidine rings is 1. The van der Waals surface area contributed by atoms with Crippen molar-refractivity contribution in [1.29, 1.82) is 0 Å². The quantitative estimate of drug-likeness (QED) is 0.886. The maximum absolute atomic E-state index is 11.8. The molecule has 0 saturated carbocycles. The van der Waals surface area contributed by atoms with Crippen molar-refractivity contribution in [3.63, 3.8) is 0 Å². The van der Waals surface area contributed by atoms with Gasteiger partial charge in [0.15, 0.2) is 0 Å². The number of pyridine rings is 1. The van der Waals surface area contributed by atoms with Crippen LogP contribution < -0.4 is 16.2 Å². The fourth-order valence-electron chi connectivity index (χ4n) is 2.41. The lowest BCUT2D eigenvalue weighted by Gasteiger charge is -2.22. The smallest absolute Gasteiger partial charge is 0.274 e. The van der Waals surface area contributed by atoms with Crippen molar-refractivity contribution in [2.24, 2.45) is 13.0 Å². The van der Waals surface area contributed by atoms with Crippen LogP contribution in [0.1, 0.15) is 25.7 Å². The summed E-state index contributed by atoms with van der Waals surface area (Å²) in [5.74, 6) is 0.562. The number of aryl methyl sites for hydroxylation is 1. The van der Waals surface area contributed by atoms with Crippen LogP contribution in [0.5, 0.6) is 0 Å². The molecule has 1 amide bonds. The Morgan fingerprint density at radius 1 is 1.45 bits per heavy atom. The monoisotopic (exact) mass is 299 g/mol. The second kappa shape index (κ2) is 8.07. The Morgan fingerprint density at radius 3 is 2.85 bits per heavy atom. The topological polar surface area (TPSA) is 63.1 Å². The third kappa shape index (κ3) is 4.65. The van der Waals surface area contributed by atoms with Gasteiger partial charge >= 0.3 is 0 Å². The minimum atomic E-state index is -0.169. The third-order valence-corrected chi connectivity index (χ3v) is 3.64. The van der Waals surface area contributed by atoms with Crippen LogP contribution in [0.25, 0.3) is 0 Å². The number of halogens is 1. The van der Waals surface area contributed by atoms with Crippen LogP contribution in [0.2, 0.25) is 0 Å². The van der Waals surface area contributed by atoms with Crippen LogP contribution in [-0.2, 0) is 11.8 Å². The summed E-state index contributed by atoms with van der Waals surface area (Å²) >= 11 is 0. The summed E-state index contributed by atoms with van der Waals surface area (Å²) in [6.07, 6.45) is 5.34. The maximum atomic E-state index is 11.8. The lowest BCUT2D eigenvalue weighted by Crippen LogP contribution is -2.28. The number of carbonyl (C=O) groups excluding carboxylic acids is 1. The first-order valence-electron chi connectivity index (χ1n) is 6.83. The highest BCUT2D eigenvalue weighted by Gasteiger charge is 2.15. The van der Waals surface area contributed by atoms with Gasteiger partial charge in [-0.3, -0.25) is 9.59 Å². The maximum Gasteiger partial charge on any atom is 0.274 e. The number of amides is 1. The Morgan fingerprint density at radius 2 is 2.15 bits per heavy atom. The fraction of sp³-hybridized carbons (Fsp3) is 0.571. The molecule has 2 heterocycles. The summed E-state index contributed by atoms with van der Waals surface area (Å²) in [6.45, 7) is 2.09. The summed E-state index contributed by atoms with van der Waals surface area (Å²) < 4.78 is 1.46. The van der Waals surface area contributed by atoms with Gasteiger partial charge in [-0.2, -0.15) is 0 Å². The van der Waals surface area contributed by atoms with E-state index >= 15 is 0 Å². The SMILES string of the molecule is Cl.Cn1cccc(NC(=O)CCC2CCNCC2)c1=O. The van der Waals surface area contributed by atoms with Crippen molar-refractivity contribution in [2.45, 2.75) is 25.7 Å². The van der Waals surface area contributed by atoms with Crippen LogP contribution in [0, 0.1) is 5.92 Å². The number of hydrogen-bond acceptors (Lipinski definition) is 3. The van der Waals surface area contributed by atoms with E-state index in [2.05, 4.69) is 10.6 Å². The molecule has 1 fully saturated rings. The van der Waals surface area contributed by atoms with Crippen molar-refractivity contribution in [3.05, 3.63) is 28.7 Å². The summed E-state index contributed by atoms with van der Waals surface area (Å²) in [7, 11) is 1.67. The lowest BCUT2D eigenvalue weighted by atomic mass is 9.93. The molecule has 1 aliphatic heterocycles. The van der Waals surface area contributed by atoms with Crippen LogP contribution in [0.15, 0.2) is 23.1 Å². The fourth-order valence-corrected chi connectivity index (χ4v) is 2.41. The van der Waals surface area contributed by atoms with Gasteiger partial charge in [-0.05, 0) is 50.4 Å². The molecule has 0 unspecified atom stereocenters. The van der Waals surface area contributed by atoms with Crippen LogP contribution >= 0.6 is 12.4 Å². The molecular weight excluding hydrogens is 278 g/mol. The van der Waals surface area contributed by atoms with E-state index in [1.807, 2.05) is 0 Å². The highest BCUT2D eigenvalue weighted by atomic mass is 35.5. The predicted octanol–water partition coefficient (Wildman–Crippen LogP) is 1.53. The van der Waals surface area contributed by atoms with Crippen molar-refractivity contribution in [1.82, 2.24) is 9.88 Å². The Labute approximate surface area is 125 Å². The first-order valence-corrected chi connectivity index (χ1v) is 6.83. The van der Waals surface area contributed by atoms with Crippen molar-refractivity contribution >= 4 is 24.0 Å². The summed E-state index contributed by atoms with van der Waals surface area (Å²) in [4.78, 5) is 23.6. The summed E-state index contributed by atoms with van der Waals surface area (Å²) in [5.41, 5.74) is 0.193. The van der Waals surface area contributed by atoms with Crippen molar-refractivity contribution < 1.29 is 4.79 Å². The van der Waals surface area contributed by atoms with Gasteiger partial charge in [0.2, 0.25) is 5.91 Å². The van der Waals surface area contributed by atoms with E-state index < -0.39 is 0 Å². The molecular formula is C14H22ClN3O2. The number of rotatable bonds is 4. The Kier molecular flexibility index (Phi) is 6.75. The molecule has 0 aliphatic carbocycles. The van der Waals surface area contributed by atoms with E-state index in [4.69, 9.17) is 0 Å².